The molecule has 1 fully saturated rings. The number of benzene rings is 1. The van der Waals surface area contributed by atoms with E-state index in [4.69, 9.17) is 4.74 Å². The van der Waals surface area contributed by atoms with Gasteiger partial charge in [0.15, 0.2) is 9.84 Å². The number of rotatable bonds is 5. The Kier molecular flexibility index (Phi) is 5.08. The van der Waals surface area contributed by atoms with Crippen LogP contribution < -0.4 is 0 Å². The van der Waals surface area contributed by atoms with Gasteiger partial charge in [0.1, 0.15) is 5.60 Å². The Morgan fingerprint density at radius 3 is 2.44 bits per heavy atom. The van der Waals surface area contributed by atoms with Crippen molar-refractivity contribution in [3.05, 3.63) is 33.9 Å². The van der Waals surface area contributed by atoms with E-state index in [0.717, 1.165) is 0 Å². The van der Waals surface area contributed by atoms with Crippen molar-refractivity contribution in [2.75, 3.05) is 7.05 Å². The van der Waals surface area contributed by atoms with Gasteiger partial charge in [0.25, 0.3) is 5.69 Å². The summed E-state index contributed by atoms with van der Waals surface area (Å²) >= 11 is 0. The minimum absolute atomic E-state index is 0.0380. The molecular weight excluding hydrogens is 348 g/mol. The normalized spacial score (nSPS) is 14.9. The SMILES string of the molecule is CN(Cc1cc([N+](=O)[O-])ccc1S(=O)(=O)C1CC1)C(=O)OC(C)(C)C. The lowest BCUT2D eigenvalue weighted by Gasteiger charge is -2.25. The van der Waals surface area contributed by atoms with Crippen LogP contribution in [0.3, 0.4) is 0 Å². The van der Waals surface area contributed by atoms with Crippen molar-refractivity contribution in [3.8, 4) is 0 Å². The minimum Gasteiger partial charge on any atom is -0.444 e. The highest BCUT2D eigenvalue weighted by Crippen LogP contribution is 2.36. The first-order valence-electron chi connectivity index (χ1n) is 7.87. The molecule has 2 rings (SSSR count). The Bertz CT molecular complexity index is 793. The number of carbonyl (C=O) groups is 1. The predicted octanol–water partition coefficient (Wildman–Crippen LogP) is 2.90. The van der Waals surface area contributed by atoms with Crippen LogP contribution in [0.25, 0.3) is 0 Å². The van der Waals surface area contributed by atoms with Crippen LogP contribution in [0.15, 0.2) is 23.1 Å². The Hall–Kier alpha value is -2.16. The topological polar surface area (TPSA) is 107 Å². The molecule has 1 aromatic carbocycles. The van der Waals surface area contributed by atoms with Crippen LogP contribution in [-0.4, -0.2) is 42.2 Å². The molecule has 0 N–H and O–H groups in total. The van der Waals surface area contributed by atoms with Crippen LogP contribution >= 0.6 is 0 Å². The highest BCUT2D eigenvalue weighted by molar-refractivity contribution is 7.92. The molecular formula is C16H22N2O6S. The summed E-state index contributed by atoms with van der Waals surface area (Å²) in [6, 6.07) is 3.63. The zero-order chi connectivity index (χ0) is 19.0. The fourth-order valence-corrected chi connectivity index (χ4v) is 4.16. The second-order valence-corrected chi connectivity index (χ2v) is 9.33. The molecule has 0 bridgehead atoms. The van der Waals surface area contributed by atoms with Gasteiger partial charge in [-0.1, -0.05) is 0 Å². The Morgan fingerprint density at radius 1 is 1.36 bits per heavy atom. The highest BCUT2D eigenvalue weighted by atomic mass is 32.2. The number of carbonyl (C=O) groups excluding carboxylic acids is 1. The lowest BCUT2D eigenvalue weighted by atomic mass is 10.2. The maximum atomic E-state index is 12.6. The lowest BCUT2D eigenvalue weighted by Crippen LogP contribution is -2.34. The fraction of sp³-hybridized carbons (Fsp3) is 0.562. The molecule has 0 radical (unpaired) electrons. The predicted molar refractivity (Wildman–Crippen MR) is 91.0 cm³/mol. The number of hydrogen-bond acceptors (Lipinski definition) is 6. The molecule has 9 heteroatoms. The largest absolute Gasteiger partial charge is 0.444 e. The molecule has 8 nitrogen and oxygen atoms in total. The number of ether oxygens (including phenoxy) is 1. The molecule has 1 aromatic rings. The van der Waals surface area contributed by atoms with Gasteiger partial charge in [-0.25, -0.2) is 13.2 Å². The molecule has 1 aliphatic carbocycles. The maximum absolute atomic E-state index is 12.6. The molecule has 0 aliphatic heterocycles. The van der Waals surface area contributed by atoms with Crippen LogP contribution in [-0.2, 0) is 21.1 Å². The van der Waals surface area contributed by atoms with E-state index >= 15 is 0 Å². The van der Waals surface area contributed by atoms with Gasteiger partial charge in [-0.3, -0.25) is 10.1 Å². The van der Waals surface area contributed by atoms with E-state index in [2.05, 4.69) is 0 Å². The molecule has 1 saturated carbocycles. The Balaban J connectivity index is 2.35. The molecule has 25 heavy (non-hydrogen) atoms. The van der Waals surface area contributed by atoms with E-state index < -0.39 is 31.7 Å². The zero-order valence-electron chi connectivity index (χ0n) is 14.7. The maximum Gasteiger partial charge on any atom is 0.410 e. The van der Waals surface area contributed by atoms with Gasteiger partial charge in [-0.2, -0.15) is 0 Å². The van der Waals surface area contributed by atoms with E-state index in [9.17, 15) is 23.3 Å². The van der Waals surface area contributed by atoms with E-state index in [1.807, 2.05) is 0 Å². The van der Waals surface area contributed by atoms with E-state index in [0.29, 0.717) is 12.8 Å². The first kappa shape index (κ1) is 19.2. The summed E-state index contributed by atoms with van der Waals surface area (Å²) in [6.07, 6.45) is 0.537. The van der Waals surface area contributed by atoms with Crippen molar-refractivity contribution in [2.24, 2.45) is 0 Å². The summed E-state index contributed by atoms with van der Waals surface area (Å²) in [4.78, 5) is 23.8. The summed E-state index contributed by atoms with van der Waals surface area (Å²) < 4.78 is 30.4. The molecule has 0 unspecified atom stereocenters. The van der Waals surface area contributed by atoms with Crippen molar-refractivity contribution >= 4 is 21.6 Å². The van der Waals surface area contributed by atoms with Crippen LogP contribution in [0, 0.1) is 10.1 Å². The second kappa shape index (κ2) is 6.62. The van der Waals surface area contributed by atoms with Crippen LogP contribution in [0.5, 0.6) is 0 Å². The van der Waals surface area contributed by atoms with Gasteiger partial charge in [-0.05, 0) is 45.2 Å². The third kappa shape index (κ3) is 4.68. The van der Waals surface area contributed by atoms with Crippen molar-refractivity contribution in [3.63, 3.8) is 0 Å². The number of hydrogen-bond donors (Lipinski definition) is 0. The molecule has 138 valence electrons. The second-order valence-electron chi connectivity index (χ2n) is 7.13. The van der Waals surface area contributed by atoms with Gasteiger partial charge >= 0.3 is 6.09 Å². The summed E-state index contributed by atoms with van der Waals surface area (Å²) in [5.41, 5.74) is -0.700. The fourth-order valence-electron chi connectivity index (χ4n) is 2.30. The molecule has 0 heterocycles. The molecule has 1 aliphatic rings. The quantitative estimate of drug-likeness (QED) is 0.583. The van der Waals surface area contributed by atoms with Crippen molar-refractivity contribution in [1.82, 2.24) is 4.90 Å². The molecule has 1 amide bonds. The Labute approximate surface area is 146 Å². The first-order chi connectivity index (χ1) is 11.4. The smallest absolute Gasteiger partial charge is 0.410 e. The number of sulfone groups is 1. The van der Waals surface area contributed by atoms with Gasteiger partial charge in [-0.15, -0.1) is 0 Å². The molecule has 0 spiro atoms. The van der Waals surface area contributed by atoms with E-state index in [-0.39, 0.29) is 22.7 Å². The number of nitro groups is 1. The van der Waals surface area contributed by atoms with Crippen molar-refractivity contribution in [2.45, 2.75) is 55.9 Å². The first-order valence-corrected chi connectivity index (χ1v) is 9.42. The summed E-state index contributed by atoms with van der Waals surface area (Å²) in [6.45, 7) is 5.05. The molecule has 0 aromatic heterocycles. The Morgan fingerprint density at radius 2 is 1.96 bits per heavy atom. The molecule has 0 atom stereocenters. The zero-order valence-corrected chi connectivity index (χ0v) is 15.5. The average molecular weight is 370 g/mol. The van der Waals surface area contributed by atoms with E-state index in [1.165, 1.54) is 30.1 Å². The van der Waals surface area contributed by atoms with Gasteiger partial charge in [0, 0.05) is 19.2 Å². The highest BCUT2D eigenvalue weighted by Gasteiger charge is 2.38. The van der Waals surface area contributed by atoms with E-state index in [1.54, 1.807) is 20.8 Å². The summed E-state index contributed by atoms with van der Waals surface area (Å²) in [7, 11) is -2.09. The number of nitrogens with zero attached hydrogens (tertiary/aromatic N) is 2. The lowest BCUT2D eigenvalue weighted by molar-refractivity contribution is -0.385. The van der Waals surface area contributed by atoms with Gasteiger partial charge < -0.3 is 9.64 Å². The van der Waals surface area contributed by atoms with Gasteiger partial charge in [0.05, 0.1) is 21.6 Å². The van der Waals surface area contributed by atoms with Crippen LogP contribution in [0.4, 0.5) is 10.5 Å². The standard InChI is InChI=1S/C16H22N2O6S/c1-16(2,3)24-15(19)17(4)10-11-9-12(18(20)21)5-8-14(11)25(22,23)13-6-7-13/h5,8-9,13H,6-7,10H2,1-4H3. The monoisotopic (exact) mass is 370 g/mol. The summed E-state index contributed by atoms with van der Waals surface area (Å²) in [5, 5.41) is 10.6. The van der Waals surface area contributed by atoms with Gasteiger partial charge in [0.2, 0.25) is 0 Å². The van der Waals surface area contributed by atoms with Crippen molar-refractivity contribution in [1.29, 1.82) is 0 Å². The third-order valence-electron chi connectivity index (χ3n) is 3.64. The van der Waals surface area contributed by atoms with Crippen LogP contribution in [0.1, 0.15) is 39.2 Å². The number of amides is 1. The van der Waals surface area contributed by atoms with Crippen LogP contribution in [0.2, 0.25) is 0 Å². The average Bonchev–Trinajstić information content (AvgIpc) is 3.29. The number of nitro benzene ring substituents is 1. The van der Waals surface area contributed by atoms with Crippen molar-refractivity contribution < 1.29 is 22.9 Å². The minimum atomic E-state index is -3.55. The number of non-ortho nitro benzene ring substituents is 1. The summed E-state index contributed by atoms with van der Waals surface area (Å²) in [5.74, 6) is 0. The molecule has 0 saturated heterocycles. The third-order valence-corrected chi connectivity index (χ3v) is 6.00.